The molecule has 0 bridgehead atoms. The van der Waals surface area contributed by atoms with Gasteiger partial charge in [0.1, 0.15) is 0 Å². The third-order valence-corrected chi connectivity index (χ3v) is 1.87. The molecule has 0 saturated heterocycles. The molecule has 0 aromatic rings. The molecule has 0 radical (unpaired) electrons. The molecule has 0 amide bonds. The fourth-order valence-electron chi connectivity index (χ4n) is 0.614. The van der Waals surface area contributed by atoms with Gasteiger partial charge in [0.05, 0.1) is 0 Å². The molecule has 0 spiro atoms. The van der Waals surface area contributed by atoms with Crippen molar-refractivity contribution in [3.8, 4) is 0 Å². The summed E-state index contributed by atoms with van der Waals surface area (Å²) in [6.45, 7) is 2.24. The van der Waals surface area contributed by atoms with Crippen LogP contribution in [0.4, 0.5) is 0 Å². The molecule has 1 aliphatic carbocycles. The summed E-state index contributed by atoms with van der Waals surface area (Å²) in [6.07, 6.45) is 1.36. The largest absolute Gasteiger partial charge is 0.126 e. The van der Waals surface area contributed by atoms with Crippen LogP contribution in [0.1, 0.15) is 13.3 Å². The molecule has 2 unspecified atom stereocenters. The molecule has 1 heteroatoms. The lowest BCUT2D eigenvalue weighted by molar-refractivity contribution is 0.841. The first-order chi connectivity index (χ1) is 2.84. The Morgan fingerprint density at radius 1 is 1.83 bits per heavy atom. The second kappa shape index (κ2) is 1.42. The highest BCUT2D eigenvalue weighted by Gasteiger charge is 2.30. The van der Waals surface area contributed by atoms with E-state index in [4.69, 9.17) is 11.6 Å². The molecular formula is C5H9Cl. The molecule has 0 aliphatic heterocycles. The third-order valence-electron chi connectivity index (χ3n) is 1.47. The first kappa shape index (κ1) is 4.45. The molecule has 1 fully saturated rings. The van der Waals surface area contributed by atoms with Gasteiger partial charge in [0, 0.05) is 5.88 Å². The minimum atomic E-state index is 0.867. The summed E-state index contributed by atoms with van der Waals surface area (Å²) in [4.78, 5) is 0. The van der Waals surface area contributed by atoms with E-state index in [0.717, 1.165) is 17.7 Å². The summed E-state index contributed by atoms with van der Waals surface area (Å²) in [5.74, 6) is 2.68. The van der Waals surface area contributed by atoms with Crippen LogP contribution in [0.3, 0.4) is 0 Å². The molecule has 1 rings (SSSR count). The van der Waals surface area contributed by atoms with Crippen LogP contribution in [0, 0.1) is 11.8 Å². The van der Waals surface area contributed by atoms with Crippen LogP contribution in [0.25, 0.3) is 0 Å². The van der Waals surface area contributed by atoms with E-state index in [1.165, 1.54) is 6.42 Å². The minimum Gasteiger partial charge on any atom is -0.126 e. The zero-order chi connectivity index (χ0) is 4.57. The van der Waals surface area contributed by atoms with Gasteiger partial charge in [0.2, 0.25) is 0 Å². The van der Waals surface area contributed by atoms with E-state index in [1.54, 1.807) is 0 Å². The van der Waals surface area contributed by atoms with Crippen LogP contribution in [0.2, 0.25) is 0 Å². The molecule has 0 nitrogen and oxygen atoms in total. The van der Waals surface area contributed by atoms with Crippen molar-refractivity contribution in [1.29, 1.82) is 0 Å². The maximum atomic E-state index is 5.49. The monoisotopic (exact) mass is 104 g/mol. The van der Waals surface area contributed by atoms with Crippen LogP contribution in [-0.2, 0) is 0 Å². The summed E-state index contributed by atoms with van der Waals surface area (Å²) in [5, 5.41) is 0. The Hall–Kier alpha value is 0.290. The van der Waals surface area contributed by atoms with Crippen molar-refractivity contribution in [3.05, 3.63) is 0 Å². The Morgan fingerprint density at radius 3 is 2.33 bits per heavy atom. The number of rotatable bonds is 1. The van der Waals surface area contributed by atoms with Gasteiger partial charge in [-0.15, -0.1) is 11.6 Å². The summed E-state index contributed by atoms with van der Waals surface area (Å²) in [7, 11) is 0. The highest BCUT2D eigenvalue weighted by Crippen LogP contribution is 2.38. The normalized spacial score (nSPS) is 43.0. The van der Waals surface area contributed by atoms with Crippen LogP contribution >= 0.6 is 11.6 Å². The highest BCUT2D eigenvalue weighted by atomic mass is 35.5. The number of alkyl halides is 1. The van der Waals surface area contributed by atoms with E-state index in [1.807, 2.05) is 0 Å². The van der Waals surface area contributed by atoms with Crippen LogP contribution in [-0.4, -0.2) is 5.88 Å². The second-order valence-corrected chi connectivity index (χ2v) is 2.44. The Balaban J connectivity index is 2.09. The van der Waals surface area contributed by atoms with Crippen molar-refractivity contribution in [2.75, 3.05) is 5.88 Å². The lowest BCUT2D eigenvalue weighted by atomic mass is 10.4. The van der Waals surface area contributed by atoms with E-state index in [-0.39, 0.29) is 0 Å². The van der Waals surface area contributed by atoms with Gasteiger partial charge in [0.25, 0.3) is 0 Å². The fourth-order valence-corrected chi connectivity index (χ4v) is 1.04. The molecule has 0 heterocycles. The van der Waals surface area contributed by atoms with Crippen molar-refractivity contribution in [2.24, 2.45) is 11.8 Å². The van der Waals surface area contributed by atoms with Crippen molar-refractivity contribution in [3.63, 3.8) is 0 Å². The SMILES string of the molecule is CC1CC1CCl. The number of hydrogen-bond acceptors (Lipinski definition) is 0. The predicted octanol–water partition coefficient (Wildman–Crippen LogP) is 1.88. The Bertz CT molecular complexity index is 49.9. The smallest absolute Gasteiger partial charge is 0.0254 e. The van der Waals surface area contributed by atoms with E-state index in [9.17, 15) is 0 Å². The van der Waals surface area contributed by atoms with Crippen LogP contribution in [0.15, 0.2) is 0 Å². The molecule has 1 saturated carbocycles. The molecule has 0 N–H and O–H groups in total. The molecule has 36 valence electrons. The highest BCUT2D eigenvalue weighted by molar-refractivity contribution is 6.18. The topological polar surface area (TPSA) is 0 Å². The lowest BCUT2D eigenvalue weighted by Crippen LogP contribution is -1.74. The first-order valence-corrected chi connectivity index (χ1v) is 2.94. The zero-order valence-corrected chi connectivity index (χ0v) is 4.70. The first-order valence-electron chi connectivity index (χ1n) is 2.40. The Labute approximate surface area is 43.5 Å². The zero-order valence-electron chi connectivity index (χ0n) is 3.95. The minimum absolute atomic E-state index is 0.867. The molecule has 2 atom stereocenters. The van der Waals surface area contributed by atoms with Gasteiger partial charge < -0.3 is 0 Å². The third kappa shape index (κ3) is 0.676. The van der Waals surface area contributed by atoms with Gasteiger partial charge >= 0.3 is 0 Å². The van der Waals surface area contributed by atoms with Crippen molar-refractivity contribution in [1.82, 2.24) is 0 Å². The van der Waals surface area contributed by atoms with E-state index in [0.29, 0.717) is 0 Å². The second-order valence-electron chi connectivity index (χ2n) is 2.13. The van der Waals surface area contributed by atoms with E-state index < -0.39 is 0 Å². The van der Waals surface area contributed by atoms with Crippen LogP contribution in [0.5, 0.6) is 0 Å². The maximum absolute atomic E-state index is 5.49. The Kier molecular flexibility index (Phi) is 1.05. The molecule has 0 aromatic carbocycles. The standard InChI is InChI=1S/C5H9Cl/c1-4-2-5(4)3-6/h4-5H,2-3H2,1H3. The average Bonchev–Trinajstić information content (AvgIpc) is 2.19. The van der Waals surface area contributed by atoms with Gasteiger partial charge in [-0.1, -0.05) is 6.92 Å². The molecule has 6 heavy (non-hydrogen) atoms. The van der Waals surface area contributed by atoms with Crippen molar-refractivity contribution in [2.45, 2.75) is 13.3 Å². The van der Waals surface area contributed by atoms with Gasteiger partial charge in [-0.2, -0.15) is 0 Å². The quantitative estimate of drug-likeness (QED) is 0.446. The maximum Gasteiger partial charge on any atom is 0.0254 e. The Morgan fingerprint density at radius 2 is 2.33 bits per heavy atom. The van der Waals surface area contributed by atoms with Gasteiger partial charge in [-0.3, -0.25) is 0 Å². The van der Waals surface area contributed by atoms with Crippen molar-refractivity contribution < 1.29 is 0 Å². The van der Waals surface area contributed by atoms with Gasteiger partial charge in [-0.05, 0) is 18.3 Å². The summed E-state index contributed by atoms with van der Waals surface area (Å²) in [6, 6.07) is 0. The van der Waals surface area contributed by atoms with E-state index >= 15 is 0 Å². The average molecular weight is 105 g/mol. The van der Waals surface area contributed by atoms with Gasteiger partial charge in [-0.25, -0.2) is 0 Å². The number of hydrogen-bond donors (Lipinski definition) is 0. The van der Waals surface area contributed by atoms with Gasteiger partial charge in [0.15, 0.2) is 0 Å². The summed E-state index contributed by atoms with van der Waals surface area (Å²) >= 11 is 5.49. The van der Waals surface area contributed by atoms with E-state index in [2.05, 4.69) is 6.92 Å². The van der Waals surface area contributed by atoms with Crippen LogP contribution < -0.4 is 0 Å². The summed E-state index contributed by atoms with van der Waals surface area (Å²) < 4.78 is 0. The van der Waals surface area contributed by atoms with Crippen molar-refractivity contribution >= 4 is 11.6 Å². The number of halogens is 1. The lowest BCUT2D eigenvalue weighted by Gasteiger charge is -1.77. The predicted molar refractivity (Wildman–Crippen MR) is 28.0 cm³/mol. The molecular weight excluding hydrogens is 95.5 g/mol. The fraction of sp³-hybridized carbons (Fsp3) is 1.00. The molecule has 0 aromatic heterocycles. The molecule has 1 aliphatic rings. The summed E-state index contributed by atoms with van der Waals surface area (Å²) in [5.41, 5.74) is 0.